The Balaban J connectivity index is 1.21. The Bertz CT molecular complexity index is 1480. The lowest BCUT2D eigenvalue weighted by Crippen LogP contribution is -2.25. The normalized spacial score (nSPS) is 17.8. The number of carbonyl (C=O) groups excluding carboxylic acids is 1. The molecule has 2 fully saturated rings. The second kappa shape index (κ2) is 10.7. The number of likely N-dealkylation sites (tertiary alicyclic amines) is 1. The fraction of sp³-hybridized carbons (Fsp3) is 0.379. The maximum Gasteiger partial charge on any atom is 0.276 e. The quantitative estimate of drug-likeness (QED) is 0.342. The summed E-state index contributed by atoms with van der Waals surface area (Å²) in [5.74, 6) is -2.71. The molecule has 3 aromatic heterocycles. The Kier molecular flexibility index (Phi) is 6.95. The highest BCUT2D eigenvalue weighted by Crippen LogP contribution is 2.31. The number of halogens is 2. The SMILES string of the molecule is O=C(Nc1ccnc(N2CCC(F)(F)C2)c1)c1n[nH]c2ccc(-c3cncc(CN4CCCCCC4)c3)cc12. The Hall–Kier alpha value is -3.92. The van der Waals surface area contributed by atoms with Crippen LogP contribution in [0.2, 0.25) is 0 Å². The molecule has 0 spiro atoms. The van der Waals surface area contributed by atoms with Crippen molar-refractivity contribution >= 4 is 28.3 Å². The minimum Gasteiger partial charge on any atom is -0.350 e. The number of amides is 1. The molecule has 0 unspecified atom stereocenters. The number of carbonyl (C=O) groups is 1. The number of hydrogen-bond acceptors (Lipinski definition) is 6. The second-order valence-corrected chi connectivity index (χ2v) is 10.5. The molecule has 1 amide bonds. The minimum atomic E-state index is -2.73. The molecule has 0 bridgehead atoms. The molecule has 2 N–H and O–H groups in total. The van der Waals surface area contributed by atoms with Crippen LogP contribution in [-0.2, 0) is 6.54 Å². The number of nitrogens with zero attached hydrogens (tertiary/aromatic N) is 5. The average Bonchev–Trinajstić information content (AvgIpc) is 3.43. The van der Waals surface area contributed by atoms with Gasteiger partial charge >= 0.3 is 0 Å². The van der Waals surface area contributed by atoms with Crippen molar-refractivity contribution < 1.29 is 13.6 Å². The number of nitrogens with one attached hydrogen (secondary N) is 2. The number of benzene rings is 1. The molecule has 0 aliphatic carbocycles. The van der Waals surface area contributed by atoms with E-state index >= 15 is 0 Å². The first-order valence-corrected chi connectivity index (χ1v) is 13.5. The van der Waals surface area contributed by atoms with Crippen LogP contribution in [0.1, 0.15) is 48.2 Å². The fourth-order valence-electron chi connectivity index (χ4n) is 5.44. The summed E-state index contributed by atoms with van der Waals surface area (Å²) in [6, 6.07) is 11.3. The summed E-state index contributed by atoms with van der Waals surface area (Å²) in [6.07, 6.45) is 10.2. The zero-order chi connectivity index (χ0) is 26.8. The molecule has 0 saturated carbocycles. The third kappa shape index (κ3) is 5.75. The van der Waals surface area contributed by atoms with Crippen molar-refractivity contribution in [1.82, 2.24) is 25.1 Å². The van der Waals surface area contributed by atoms with Crippen molar-refractivity contribution in [2.24, 2.45) is 0 Å². The summed E-state index contributed by atoms with van der Waals surface area (Å²) in [7, 11) is 0. The number of pyridine rings is 2. The van der Waals surface area contributed by atoms with Gasteiger partial charge < -0.3 is 10.2 Å². The number of hydrogen-bond donors (Lipinski definition) is 2. The highest BCUT2D eigenvalue weighted by atomic mass is 19.3. The van der Waals surface area contributed by atoms with Crippen LogP contribution in [0.4, 0.5) is 20.3 Å². The van der Waals surface area contributed by atoms with Crippen LogP contribution >= 0.6 is 0 Å². The standard InChI is InChI=1S/C29H31F2N7O/c30-29(31)8-12-38(19-29)26-15-23(7-9-33-26)34-28(39)27-24-14-21(5-6-25(24)35-36-27)22-13-20(16-32-17-22)18-37-10-3-1-2-4-11-37/h5-7,9,13-17H,1-4,8,10-12,18-19H2,(H,35,36)(H,33,34,39). The Labute approximate surface area is 225 Å². The van der Waals surface area contributed by atoms with E-state index in [0.29, 0.717) is 16.9 Å². The highest BCUT2D eigenvalue weighted by Gasteiger charge is 2.38. The van der Waals surface area contributed by atoms with Crippen molar-refractivity contribution in [2.45, 2.75) is 44.6 Å². The van der Waals surface area contributed by atoms with Crippen LogP contribution in [0.25, 0.3) is 22.0 Å². The van der Waals surface area contributed by atoms with Gasteiger partial charge in [-0.05, 0) is 61.3 Å². The summed E-state index contributed by atoms with van der Waals surface area (Å²) < 4.78 is 27.3. The number of aromatic amines is 1. The van der Waals surface area contributed by atoms with Gasteiger partial charge in [0.05, 0.1) is 12.1 Å². The van der Waals surface area contributed by atoms with Gasteiger partial charge in [-0.3, -0.25) is 19.8 Å². The lowest BCUT2D eigenvalue weighted by molar-refractivity contribution is 0.0256. The molecule has 202 valence electrons. The van der Waals surface area contributed by atoms with Gasteiger partial charge in [0.1, 0.15) is 5.82 Å². The van der Waals surface area contributed by atoms with Crippen LogP contribution in [0.15, 0.2) is 55.0 Å². The number of H-pyrrole nitrogens is 1. The molecular weight excluding hydrogens is 500 g/mol. The van der Waals surface area contributed by atoms with Gasteiger partial charge in [-0.25, -0.2) is 13.8 Å². The van der Waals surface area contributed by atoms with E-state index in [4.69, 9.17) is 0 Å². The van der Waals surface area contributed by atoms with Gasteiger partial charge in [-0.2, -0.15) is 5.10 Å². The molecule has 39 heavy (non-hydrogen) atoms. The molecule has 2 aliphatic rings. The molecular formula is C29H31F2N7O. The van der Waals surface area contributed by atoms with Crippen LogP contribution in [0.3, 0.4) is 0 Å². The molecule has 8 nitrogen and oxygen atoms in total. The summed E-state index contributed by atoms with van der Waals surface area (Å²) >= 11 is 0. The van der Waals surface area contributed by atoms with E-state index in [2.05, 4.69) is 36.4 Å². The molecule has 6 rings (SSSR count). The predicted molar refractivity (Wildman–Crippen MR) is 147 cm³/mol. The van der Waals surface area contributed by atoms with Crippen LogP contribution in [0, 0.1) is 0 Å². The first-order chi connectivity index (χ1) is 18.9. The Morgan fingerprint density at radius 3 is 2.64 bits per heavy atom. The van der Waals surface area contributed by atoms with Gasteiger partial charge in [-0.1, -0.05) is 18.9 Å². The second-order valence-electron chi connectivity index (χ2n) is 10.5. The van der Waals surface area contributed by atoms with E-state index in [1.54, 1.807) is 12.1 Å². The summed E-state index contributed by atoms with van der Waals surface area (Å²) in [5.41, 5.74) is 4.57. The maximum atomic E-state index is 13.7. The van der Waals surface area contributed by atoms with E-state index in [-0.39, 0.29) is 25.2 Å². The van der Waals surface area contributed by atoms with E-state index < -0.39 is 11.8 Å². The minimum absolute atomic E-state index is 0.205. The predicted octanol–water partition coefficient (Wildman–Crippen LogP) is 5.49. The number of aromatic nitrogens is 4. The zero-order valence-corrected chi connectivity index (χ0v) is 21.7. The van der Waals surface area contributed by atoms with Crippen molar-refractivity contribution in [1.29, 1.82) is 0 Å². The van der Waals surface area contributed by atoms with Crippen LogP contribution in [0.5, 0.6) is 0 Å². The molecule has 4 aromatic rings. The monoisotopic (exact) mass is 531 g/mol. The largest absolute Gasteiger partial charge is 0.350 e. The van der Waals surface area contributed by atoms with E-state index in [9.17, 15) is 13.6 Å². The Morgan fingerprint density at radius 1 is 1.00 bits per heavy atom. The van der Waals surface area contributed by atoms with Gasteiger partial charge in [0.2, 0.25) is 0 Å². The number of alkyl halides is 2. The molecule has 0 atom stereocenters. The number of fused-ring (bicyclic) bond motifs is 1. The number of anilines is 2. The Morgan fingerprint density at radius 2 is 1.85 bits per heavy atom. The summed E-state index contributed by atoms with van der Waals surface area (Å²) in [6.45, 7) is 2.96. The van der Waals surface area contributed by atoms with Crippen LogP contribution in [-0.4, -0.2) is 63.1 Å². The fourth-order valence-corrected chi connectivity index (χ4v) is 5.44. The van der Waals surface area contributed by atoms with Crippen molar-refractivity contribution in [3.8, 4) is 11.1 Å². The molecule has 2 saturated heterocycles. The van der Waals surface area contributed by atoms with Crippen molar-refractivity contribution in [2.75, 3.05) is 36.4 Å². The zero-order valence-electron chi connectivity index (χ0n) is 21.7. The van der Waals surface area contributed by atoms with Crippen molar-refractivity contribution in [3.63, 3.8) is 0 Å². The lowest BCUT2D eigenvalue weighted by Gasteiger charge is -2.19. The first-order valence-electron chi connectivity index (χ1n) is 13.5. The van der Waals surface area contributed by atoms with Gasteiger partial charge in [0, 0.05) is 60.8 Å². The molecule has 10 heteroatoms. The topological polar surface area (TPSA) is 90.0 Å². The lowest BCUT2D eigenvalue weighted by atomic mass is 10.0. The average molecular weight is 532 g/mol. The van der Waals surface area contributed by atoms with Gasteiger partial charge in [0.15, 0.2) is 5.69 Å². The molecule has 1 aromatic carbocycles. The number of rotatable bonds is 6. The van der Waals surface area contributed by atoms with Gasteiger partial charge in [0.25, 0.3) is 11.8 Å². The van der Waals surface area contributed by atoms with Crippen LogP contribution < -0.4 is 10.2 Å². The highest BCUT2D eigenvalue weighted by molar-refractivity contribution is 6.11. The first kappa shape index (κ1) is 25.4. The third-order valence-corrected chi connectivity index (χ3v) is 7.51. The maximum absolute atomic E-state index is 13.7. The van der Waals surface area contributed by atoms with Gasteiger partial charge in [-0.15, -0.1) is 0 Å². The van der Waals surface area contributed by atoms with E-state index in [1.807, 2.05) is 30.6 Å². The summed E-state index contributed by atoms with van der Waals surface area (Å²) in [5, 5.41) is 10.7. The molecule has 5 heterocycles. The van der Waals surface area contributed by atoms with Crippen molar-refractivity contribution in [3.05, 3.63) is 66.2 Å². The smallest absolute Gasteiger partial charge is 0.276 e. The molecule has 0 radical (unpaired) electrons. The summed E-state index contributed by atoms with van der Waals surface area (Å²) in [4.78, 5) is 25.9. The van der Waals surface area contributed by atoms with E-state index in [0.717, 1.165) is 36.3 Å². The third-order valence-electron chi connectivity index (χ3n) is 7.51. The molecule has 2 aliphatic heterocycles. The van der Waals surface area contributed by atoms with E-state index in [1.165, 1.54) is 42.3 Å².